The van der Waals surface area contributed by atoms with Crippen molar-refractivity contribution >= 4 is 35.3 Å². The molecule has 1 aliphatic heterocycles. The molecule has 0 spiro atoms. The Bertz CT molecular complexity index is 834. The van der Waals surface area contributed by atoms with Crippen LogP contribution in [0.2, 0.25) is 5.02 Å². The number of esters is 1. The van der Waals surface area contributed by atoms with Crippen LogP contribution in [0, 0.1) is 0 Å². The molecule has 2 heterocycles. The first kappa shape index (κ1) is 17.8. The molecule has 132 valence electrons. The predicted molar refractivity (Wildman–Crippen MR) is 99.0 cm³/mol. The number of methoxy groups -OCH3 is 1. The minimum atomic E-state index is -0.439. The lowest BCUT2D eigenvalue weighted by Gasteiger charge is -2.27. The highest BCUT2D eigenvalue weighted by atomic mass is 35.5. The number of aromatic nitrogens is 3. The highest BCUT2D eigenvalue weighted by Crippen LogP contribution is 2.37. The van der Waals surface area contributed by atoms with Crippen LogP contribution in [0.4, 0.5) is 5.95 Å². The number of anilines is 1. The maximum atomic E-state index is 12.4. The minimum absolute atomic E-state index is 0.404. The number of halogens is 1. The van der Waals surface area contributed by atoms with E-state index in [2.05, 4.69) is 22.3 Å². The molecule has 1 aliphatic rings. The smallest absolute Gasteiger partial charge is 0.338 e. The number of rotatable bonds is 5. The van der Waals surface area contributed by atoms with Crippen molar-refractivity contribution in [2.75, 3.05) is 18.2 Å². The molecule has 0 saturated carbocycles. The summed E-state index contributed by atoms with van der Waals surface area (Å²) in [7, 11) is 1.37. The maximum absolute atomic E-state index is 12.4. The van der Waals surface area contributed by atoms with Crippen LogP contribution in [0.25, 0.3) is 0 Å². The second-order valence-corrected chi connectivity index (χ2v) is 7.12. The zero-order chi connectivity index (χ0) is 18.0. The van der Waals surface area contributed by atoms with E-state index in [1.54, 1.807) is 22.5 Å². The normalized spacial score (nSPS) is 16.4. The van der Waals surface area contributed by atoms with E-state index >= 15 is 0 Å². The first-order valence-corrected chi connectivity index (χ1v) is 9.32. The summed E-state index contributed by atoms with van der Waals surface area (Å²) in [6, 6.07) is 6.96. The molecule has 25 heavy (non-hydrogen) atoms. The van der Waals surface area contributed by atoms with Crippen LogP contribution in [0.1, 0.15) is 31.9 Å². The van der Waals surface area contributed by atoms with Gasteiger partial charge in [-0.05, 0) is 31.0 Å². The molecule has 1 aromatic heterocycles. The molecule has 6 nitrogen and oxygen atoms in total. The Morgan fingerprint density at radius 3 is 2.96 bits per heavy atom. The van der Waals surface area contributed by atoms with Gasteiger partial charge in [-0.1, -0.05) is 42.4 Å². The Hall–Kier alpha value is -1.99. The van der Waals surface area contributed by atoms with E-state index in [9.17, 15) is 4.79 Å². The van der Waals surface area contributed by atoms with E-state index in [0.717, 1.165) is 17.7 Å². The van der Waals surface area contributed by atoms with Gasteiger partial charge in [-0.25, -0.2) is 9.48 Å². The van der Waals surface area contributed by atoms with Gasteiger partial charge in [0.1, 0.15) is 6.04 Å². The van der Waals surface area contributed by atoms with Gasteiger partial charge in [-0.2, -0.15) is 4.98 Å². The summed E-state index contributed by atoms with van der Waals surface area (Å²) in [5.41, 5.74) is 2.05. The number of nitrogens with zero attached hydrogens (tertiary/aromatic N) is 3. The van der Waals surface area contributed by atoms with Gasteiger partial charge in [0.2, 0.25) is 11.1 Å². The molecule has 0 aliphatic carbocycles. The van der Waals surface area contributed by atoms with Crippen molar-refractivity contribution in [2.24, 2.45) is 0 Å². The maximum Gasteiger partial charge on any atom is 0.338 e. The van der Waals surface area contributed by atoms with Crippen molar-refractivity contribution in [1.82, 2.24) is 14.8 Å². The molecule has 0 saturated heterocycles. The van der Waals surface area contributed by atoms with Crippen LogP contribution in [-0.2, 0) is 9.53 Å². The quantitative estimate of drug-likeness (QED) is 0.628. The van der Waals surface area contributed by atoms with E-state index in [4.69, 9.17) is 16.3 Å². The molecule has 8 heteroatoms. The number of ether oxygens (including phenoxy) is 1. The van der Waals surface area contributed by atoms with Gasteiger partial charge < -0.3 is 10.1 Å². The van der Waals surface area contributed by atoms with Gasteiger partial charge in [0, 0.05) is 16.5 Å². The average molecular weight is 379 g/mol. The van der Waals surface area contributed by atoms with Crippen molar-refractivity contribution in [2.45, 2.75) is 31.5 Å². The van der Waals surface area contributed by atoms with Gasteiger partial charge in [-0.3, -0.25) is 0 Å². The topological polar surface area (TPSA) is 69.0 Å². The molecule has 0 fully saturated rings. The zero-order valence-corrected chi connectivity index (χ0v) is 15.8. The summed E-state index contributed by atoms with van der Waals surface area (Å²) in [6.07, 6.45) is 1.03. The van der Waals surface area contributed by atoms with Gasteiger partial charge in [-0.15, -0.1) is 5.10 Å². The molecule has 1 N–H and O–H groups in total. The third kappa shape index (κ3) is 3.52. The molecule has 1 atom stereocenters. The molecule has 2 aromatic rings. The molecule has 0 bridgehead atoms. The van der Waals surface area contributed by atoms with Crippen LogP contribution in [0.5, 0.6) is 0 Å². The number of carbonyl (C=O) groups is 1. The van der Waals surface area contributed by atoms with Crippen LogP contribution in [0.15, 0.2) is 40.7 Å². The fourth-order valence-electron chi connectivity index (χ4n) is 2.75. The molecule has 3 rings (SSSR count). The summed E-state index contributed by atoms with van der Waals surface area (Å²) < 4.78 is 6.72. The van der Waals surface area contributed by atoms with E-state index in [-0.39, 0.29) is 0 Å². The number of fused-ring (bicyclic) bond motifs is 1. The summed E-state index contributed by atoms with van der Waals surface area (Å²) in [5.74, 6) is 1.13. The first-order chi connectivity index (χ1) is 12.0. The standard InChI is InChI=1S/C17H19ClN4O2S/c1-4-8-25-17-20-16-19-10(2)13(15(23)24-3)14(22(16)21-17)11-6-5-7-12(18)9-11/h5-7,9,14H,4,8H2,1-3H3,(H,19,20,21). The summed E-state index contributed by atoms with van der Waals surface area (Å²) in [4.78, 5) is 17.0. The van der Waals surface area contributed by atoms with Crippen molar-refractivity contribution in [3.63, 3.8) is 0 Å². The number of benzene rings is 1. The van der Waals surface area contributed by atoms with Crippen LogP contribution in [0.3, 0.4) is 0 Å². The van der Waals surface area contributed by atoms with Gasteiger partial charge >= 0.3 is 5.97 Å². The Labute approximate surface area is 155 Å². The molecular formula is C17H19ClN4O2S. The Morgan fingerprint density at radius 1 is 1.48 bits per heavy atom. The second-order valence-electron chi connectivity index (χ2n) is 5.62. The third-order valence-corrected chi connectivity index (χ3v) is 5.12. The molecule has 0 radical (unpaired) electrons. The third-order valence-electron chi connectivity index (χ3n) is 3.84. The fraction of sp³-hybridized carbons (Fsp3) is 0.353. The van der Waals surface area contributed by atoms with Crippen molar-refractivity contribution < 1.29 is 9.53 Å². The lowest BCUT2D eigenvalue weighted by molar-refractivity contribution is -0.136. The van der Waals surface area contributed by atoms with Crippen molar-refractivity contribution in [3.05, 3.63) is 46.1 Å². The van der Waals surface area contributed by atoms with E-state index < -0.39 is 12.0 Å². The van der Waals surface area contributed by atoms with Crippen LogP contribution >= 0.6 is 23.4 Å². The largest absolute Gasteiger partial charge is 0.466 e. The lowest BCUT2D eigenvalue weighted by atomic mass is 9.96. The minimum Gasteiger partial charge on any atom is -0.466 e. The number of carbonyl (C=O) groups excluding carboxylic acids is 1. The van der Waals surface area contributed by atoms with Crippen molar-refractivity contribution in [1.29, 1.82) is 0 Å². The van der Waals surface area contributed by atoms with E-state index in [0.29, 0.717) is 27.4 Å². The molecular weight excluding hydrogens is 360 g/mol. The fourth-order valence-corrected chi connectivity index (χ4v) is 3.63. The van der Waals surface area contributed by atoms with Gasteiger partial charge in [0.05, 0.1) is 12.7 Å². The molecule has 1 unspecified atom stereocenters. The number of thioether (sulfide) groups is 1. The number of hydrogen-bond acceptors (Lipinski definition) is 6. The number of allylic oxidation sites excluding steroid dienone is 1. The van der Waals surface area contributed by atoms with Gasteiger partial charge in [0.15, 0.2) is 0 Å². The van der Waals surface area contributed by atoms with E-state index in [1.165, 1.54) is 7.11 Å². The Morgan fingerprint density at radius 2 is 2.28 bits per heavy atom. The zero-order valence-electron chi connectivity index (χ0n) is 14.2. The van der Waals surface area contributed by atoms with Crippen LogP contribution in [-0.4, -0.2) is 33.6 Å². The lowest BCUT2D eigenvalue weighted by Crippen LogP contribution is -2.29. The first-order valence-electron chi connectivity index (χ1n) is 7.96. The monoisotopic (exact) mass is 378 g/mol. The van der Waals surface area contributed by atoms with Crippen molar-refractivity contribution in [3.8, 4) is 0 Å². The second kappa shape index (κ2) is 7.49. The number of hydrogen-bond donors (Lipinski definition) is 1. The Kier molecular flexibility index (Phi) is 5.34. The summed E-state index contributed by atoms with van der Waals surface area (Å²) in [5, 5.41) is 9.03. The van der Waals surface area contributed by atoms with E-state index in [1.807, 2.05) is 25.1 Å². The predicted octanol–water partition coefficient (Wildman–Crippen LogP) is 3.90. The SMILES string of the molecule is CCCSc1nc2n(n1)C(c1cccc(Cl)c1)C(C(=O)OC)=C(C)N2. The van der Waals surface area contributed by atoms with Crippen LogP contribution < -0.4 is 5.32 Å². The average Bonchev–Trinajstić information content (AvgIpc) is 3.00. The highest BCUT2D eigenvalue weighted by Gasteiger charge is 2.35. The molecule has 0 amide bonds. The summed E-state index contributed by atoms with van der Waals surface area (Å²) in [6.45, 7) is 3.94. The highest BCUT2D eigenvalue weighted by molar-refractivity contribution is 7.99. The molecule has 1 aromatic carbocycles. The number of nitrogens with one attached hydrogen (secondary N) is 1. The van der Waals surface area contributed by atoms with Gasteiger partial charge in [0.25, 0.3) is 0 Å². The summed E-state index contributed by atoms with van der Waals surface area (Å²) >= 11 is 7.75. The Balaban J connectivity index is 2.12.